The van der Waals surface area contributed by atoms with E-state index in [0.717, 1.165) is 0 Å². The molecule has 0 aliphatic rings. The molecule has 0 atom stereocenters. The summed E-state index contributed by atoms with van der Waals surface area (Å²) in [5.74, 6) is -1.13. The van der Waals surface area contributed by atoms with E-state index >= 15 is 0 Å². The molecule has 0 aliphatic heterocycles. The van der Waals surface area contributed by atoms with Gasteiger partial charge in [0.1, 0.15) is 6.10 Å². The Morgan fingerprint density at radius 1 is 1.20 bits per heavy atom. The molecule has 0 bridgehead atoms. The van der Waals surface area contributed by atoms with Gasteiger partial charge in [0.25, 0.3) is 0 Å². The van der Waals surface area contributed by atoms with Crippen molar-refractivity contribution in [2.45, 2.75) is 19.4 Å². The van der Waals surface area contributed by atoms with Crippen LogP contribution in [0.3, 0.4) is 0 Å². The maximum Gasteiger partial charge on any atom is 0.338 e. The minimum absolute atomic E-state index is 0.298. The summed E-state index contributed by atoms with van der Waals surface area (Å²) < 4.78 is 9.56. The van der Waals surface area contributed by atoms with Crippen LogP contribution in [0.1, 0.15) is 33.2 Å². The number of ether oxygens (including phenoxy) is 2. The van der Waals surface area contributed by atoms with Gasteiger partial charge in [-0.3, -0.25) is 0 Å². The molecule has 0 unspecified atom stereocenters. The van der Waals surface area contributed by atoms with E-state index in [-0.39, 0.29) is 0 Å². The lowest BCUT2D eigenvalue weighted by molar-refractivity contribution is -0.00555. The third kappa shape index (κ3) is 3.79. The molecule has 0 fully saturated rings. The Bertz CT molecular complexity index is 479. The second-order valence-corrected chi connectivity index (χ2v) is 4.11. The molecule has 0 spiro atoms. The van der Waals surface area contributed by atoms with Gasteiger partial charge in [-0.05, 0) is 30.2 Å². The summed E-state index contributed by atoms with van der Waals surface area (Å²) in [6.07, 6.45) is -0.425. The molecule has 6 nitrogen and oxygen atoms in total. The number of benzene rings is 1. The molecule has 110 valence electrons. The van der Waals surface area contributed by atoms with Crippen LogP contribution < -0.4 is 0 Å². The number of aryl methyl sites for hydroxylation is 1. The molecule has 0 aliphatic carbocycles. The van der Waals surface area contributed by atoms with Crippen LogP contribution in [-0.2, 0) is 15.9 Å². The van der Waals surface area contributed by atoms with Gasteiger partial charge in [0, 0.05) is 0 Å². The summed E-state index contributed by atoms with van der Waals surface area (Å²) in [5.41, 5.74) is 1.28. The number of hydrogen-bond donors (Lipinski definition) is 2. The second-order valence-electron chi connectivity index (χ2n) is 4.11. The SMILES string of the molecule is CCc1cc(C(=O)OC)ccc1C(=O)OC(CO)CO. The smallest absolute Gasteiger partial charge is 0.338 e. The summed E-state index contributed by atoms with van der Waals surface area (Å²) in [6.45, 7) is 0.927. The van der Waals surface area contributed by atoms with E-state index in [0.29, 0.717) is 23.1 Å². The predicted octanol–water partition coefficient (Wildman–Crippen LogP) is 0.546. The molecule has 20 heavy (non-hydrogen) atoms. The van der Waals surface area contributed by atoms with E-state index in [1.807, 2.05) is 6.92 Å². The Labute approximate surface area is 116 Å². The third-order valence-electron chi connectivity index (χ3n) is 2.81. The predicted molar refractivity (Wildman–Crippen MR) is 70.5 cm³/mol. The van der Waals surface area contributed by atoms with Crippen molar-refractivity contribution in [1.29, 1.82) is 0 Å². The van der Waals surface area contributed by atoms with E-state index in [9.17, 15) is 9.59 Å². The molecule has 0 saturated carbocycles. The van der Waals surface area contributed by atoms with Crippen LogP contribution in [0.5, 0.6) is 0 Å². The van der Waals surface area contributed by atoms with Crippen LogP contribution in [0.15, 0.2) is 18.2 Å². The molecular formula is C14H18O6. The normalized spacial score (nSPS) is 10.4. The molecule has 0 saturated heterocycles. The number of methoxy groups -OCH3 is 1. The van der Waals surface area contributed by atoms with E-state index in [2.05, 4.69) is 4.74 Å². The molecule has 2 N–H and O–H groups in total. The number of aliphatic hydroxyl groups is 2. The number of carbonyl (C=O) groups is 2. The van der Waals surface area contributed by atoms with Gasteiger partial charge in [0.15, 0.2) is 0 Å². The molecule has 0 heterocycles. The average molecular weight is 282 g/mol. The van der Waals surface area contributed by atoms with Crippen LogP contribution in [0.2, 0.25) is 0 Å². The molecule has 1 aromatic rings. The zero-order valence-electron chi connectivity index (χ0n) is 11.5. The number of aliphatic hydroxyl groups excluding tert-OH is 2. The van der Waals surface area contributed by atoms with E-state index in [1.165, 1.54) is 19.2 Å². The Morgan fingerprint density at radius 2 is 1.85 bits per heavy atom. The van der Waals surface area contributed by atoms with Crippen LogP contribution >= 0.6 is 0 Å². The van der Waals surface area contributed by atoms with Crippen molar-refractivity contribution >= 4 is 11.9 Å². The molecule has 1 aromatic carbocycles. The Hall–Kier alpha value is -1.92. The zero-order chi connectivity index (χ0) is 15.1. The summed E-state index contributed by atoms with van der Waals surface area (Å²) in [4.78, 5) is 23.4. The fourth-order valence-corrected chi connectivity index (χ4v) is 1.68. The Balaban J connectivity index is 3.00. The Kier molecular flexibility index (Phi) is 6.14. The number of esters is 2. The van der Waals surface area contributed by atoms with E-state index in [1.54, 1.807) is 6.07 Å². The van der Waals surface area contributed by atoms with Crippen molar-refractivity contribution in [3.63, 3.8) is 0 Å². The van der Waals surface area contributed by atoms with Gasteiger partial charge in [-0.15, -0.1) is 0 Å². The van der Waals surface area contributed by atoms with Crippen LogP contribution in [0.25, 0.3) is 0 Å². The lowest BCUT2D eigenvalue weighted by atomic mass is 10.0. The number of hydrogen-bond acceptors (Lipinski definition) is 6. The number of carbonyl (C=O) groups excluding carboxylic acids is 2. The largest absolute Gasteiger partial charge is 0.465 e. The third-order valence-corrected chi connectivity index (χ3v) is 2.81. The van der Waals surface area contributed by atoms with Crippen molar-refractivity contribution in [1.82, 2.24) is 0 Å². The highest BCUT2D eigenvalue weighted by Gasteiger charge is 2.18. The summed E-state index contributed by atoms with van der Waals surface area (Å²) in [5, 5.41) is 17.8. The topological polar surface area (TPSA) is 93.1 Å². The molecular weight excluding hydrogens is 264 g/mol. The van der Waals surface area contributed by atoms with Gasteiger partial charge in [0.05, 0.1) is 31.5 Å². The zero-order valence-corrected chi connectivity index (χ0v) is 11.5. The summed E-state index contributed by atoms with van der Waals surface area (Å²) in [6, 6.07) is 4.50. The fraction of sp³-hybridized carbons (Fsp3) is 0.429. The first kappa shape index (κ1) is 16.1. The van der Waals surface area contributed by atoms with E-state index < -0.39 is 31.3 Å². The highest BCUT2D eigenvalue weighted by molar-refractivity contribution is 5.94. The van der Waals surface area contributed by atoms with Crippen LogP contribution in [0.4, 0.5) is 0 Å². The number of rotatable bonds is 6. The standard InChI is InChI=1S/C14H18O6/c1-3-9-6-10(13(17)19-2)4-5-12(9)14(18)20-11(7-15)8-16/h4-6,11,15-16H,3,7-8H2,1-2H3. The van der Waals surface area contributed by atoms with Crippen molar-refractivity contribution in [2.75, 3.05) is 20.3 Å². The van der Waals surface area contributed by atoms with Crippen molar-refractivity contribution in [2.24, 2.45) is 0 Å². The minimum Gasteiger partial charge on any atom is -0.465 e. The monoisotopic (exact) mass is 282 g/mol. The van der Waals surface area contributed by atoms with Crippen molar-refractivity contribution in [3.05, 3.63) is 34.9 Å². The van der Waals surface area contributed by atoms with Crippen molar-refractivity contribution < 1.29 is 29.3 Å². The lowest BCUT2D eigenvalue weighted by Gasteiger charge is -2.14. The molecule has 6 heteroatoms. The van der Waals surface area contributed by atoms with Gasteiger partial charge in [-0.2, -0.15) is 0 Å². The van der Waals surface area contributed by atoms with E-state index in [4.69, 9.17) is 14.9 Å². The van der Waals surface area contributed by atoms with Gasteiger partial charge in [-0.25, -0.2) is 9.59 Å². The maximum atomic E-state index is 11.9. The van der Waals surface area contributed by atoms with Gasteiger partial charge < -0.3 is 19.7 Å². The first-order valence-corrected chi connectivity index (χ1v) is 6.21. The van der Waals surface area contributed by atoms with Gasteiger partial charge >= 0.3 is 11.9 Å². The van der Waals surface area contributed by atoms with Crippen LogP contribution in [-0.4, -0.2) is 48.6 Å². The lowest BCUT2D eigenvalue weighted by Crippen LogP contribution is -2.26. The Morgan fingerprint density at radius 3 is 2.35 bits per heavy atom. The maximum absolute atomic E-state index is 11.9. The molecule has 1 rings (SSSR count). The van der Waals surface area contributed by atoms with Gasteiger partial charge in [0.2, 0.25) is 0 Å². The average Bonchev–Trinajstić information content (AvgIpc) is 2.50. The summed E-state index contributed by atoms with van der Waals surface area (Å²) >= 11 is 0. The second kappa shape index (κ2) is 7.62. The molecule has 0 radical (unpaired) electrons. The molecule has 0 amide bonds. The first-order chi connectivity index (χ1) is 9.57. The highest BCUT2D eigenvalue weighted by atomic mass is 16.6. The highest BCUT2D eigenvalue weighted by Crippen LogP contribution is 2.16. The summed E-state index contributed by atoms with van der Waals surface area (Å²) in [7, 11) is 1.28. The van der Waals surface area contributed by atoms with Gasteiger partial charge in [-0.1, -0.05) is 6.92 Å². The quantitative estimate of drug-likeness (QED) is 0.740. The van der Waals surface area contributed by atoms with Crippen molar-refractivity contribution in [3.8, 4) is 0 Å². The minimum atomic E-state index is -0.951. The first-order valence-electron chi connectivity index (χ1n) is 6.21. The fourth-order valence-electron chi connectivity index (χ4n) is 1.68. The van der Waals surface area contributed by atoms with Crippen LogP contribution in [0, 0.1) is 0 Å². The molecule has 0 aromatic heterocycles.